The summed E-state index contributed by atoms with van der Waals surface area (Å²) in [5.74, 6) is 3.78. The topological polar surface area (TPSA) is 71.8 Å². The Labute approximate surface area is 173 Å². The lowest BCUT2D eigenvalue weighted by Crippen LogP contribution is -2.59. The maximum Gasteiger partial charge on any atom is 0.427 e. The van der Waals surface area contributed by atoms with Gasteiger partial charge in [-0.2, -0.15) is 18.3 Å². The van der Waals surface area contributed by atoms with E-state index in [1.807, 2.05) is 5.32 Å². The molecule has 1 aliphatic heterocycles. The van der Waals surface area contributed by atoms with Crippen LogP contribution >= 0.6 is 0 Å². The highest BCUT2D eigenvalue weighted by Gasteiger charge is 2.59. The van der Waals surface area contributed by atoms with Crippen molar-refractivity contribution in [3.05, 3.63) is 53.7 Å². The molecule has 2 amide bonds. The minimum absolute atomic E-state index is 0.0378. The van der Waals surface area contributed by atoms with Crippen LogP contribution in [0.2, 0.25) is 0 Å². The molecule has 1 fully saturated rings. The lowest BCUT2D eigenvalue weighted by Gasteiger charge is -2.37. The first-order valence-corrected chi connectivity index (χ1v) is 9.54. The number of hydrogen-bond acceptors (Lipinski definition) is 3. The third-order valence-electron chi connectivity index (χ3n) is 5.29. The third kappa shape index (κ3) is 3.36. The molecule has 2 aliphatic rings. The summed E-state index contributed by atoms with van der Waals surface area (Å²) >= 11 is 0. The highest BCUT2D eigenvalue weighted by atomic mass is 19.4. The minimum atomic E-state index is -4.94. The minimum Gasteiger partial charge on any atom is -0.310 e. The van der Waals surface area contributed by atoms with Gasteiger partial charge in [0.2, 0.25) is 5.54 Å². The van der Waals surface area contributed by atoms with Gasteiger partial charge in [-0.05, 0) is 31.0 Å². The van der Waals surface area contributed by atoms with Crippen LogP contribution in [-0.4, -0.2) is 27.0 Å². The average Bonchev–Trinajstić information content (AvgIpc) is 3.44. The van der Waals surface area contributed by atoms with E-state index < -0.39 is 29.1 Å². The van der Waals surface area contributed by atoms with Gasteiger partial charge in [-0.25, -0.2) is 9.18 Å². The summed E-state index contributed by atoms with van der Waals surface area (Å²) in [5.41, 5.74) is -2.85. The molecule has 158 valence electrons. The van der Waals surface area contributed by atoms with E-state index >= 15 is 0 Å². The van der Waals surface area contributed by atoms with Gasteiger partial charge in [-0.3, -0.25) is 9.67 Å². The number of fused-ring (bicyclic) bond motifs is 2. The molecule has 31 heavy (non-hydrogen) atoms. The molecule has 1 aliphatic carbocycles. The predicted octanol–water partition coefficient (Wildman–Crippen LogP) is 3.92. The zero-order valence-electron chi connectivity index (χ0n) is 15.9. The monoisotopic (exact) mass is 429 g/mol. The number of nitrogens with zero attached hydrogens (tertiary/aromatic N) is 3. The van der Waals surface area contributed by atoms with Crippen LogP contribution in [0.25, 0.3) is 10.9 Å². The van der Waals surface area contributed by atoms with Gasteiger partial charge < -0.3 is 10.6 Å². The lowest BCUT2D eigenvalue weighted by atomic mass is 9.85. The number of carbonyl (C=O) groups is 1. The highest BCUT2D eigenvalue weighted by Crippen LogP contribution is 2.45. The molecule has 3 aromatic rings. The van der Waals surface area contributed by atoms with Crippen LogP contribution in [0.3, 0.4) is 0 Å². The number of alkyl halides is 3. The second kappa shape index (κ2) is 6.70. The normalized spacial score (nSPS) is 20.5. The summed E-state index contributed by atoms with van der Waals surface area (Å²) in [5, 5.41) is 9.28. The molecule has 0 spiro atoms. The summed E-state index contributed by atoms with van der Waals surface area (Å²) in [6, 6.07) is 2.63. The van der Waals surface area contributed by atoms with Crippen LogP contribution in [-0.2, 0) is 12.1 Å². The standard InChI is InChI=1S/C21H15F4N5O/c22-16-8-15-18(7-13(16)10-30-11-14-9-26-6-4-17(14)29-30)27-19(31)28-20(15,21(23,24)25)5-3-12-1-2-12/h4,6-9,11-12H,1-2,10H2,(H2,27,28,31)/t20-/m0/s1. The maximum absolute atomic E-state index is 14.9. The van der Waals surface area contributed by atoms with E-state index in [-0.39, 0.29) is 23.7 Å². The van der Waals surface area contributed by atoms with Crippen LogP contribution in [0, 0.1) is 23.6 Å². The fraction of sp³-hybridized carbons (Fsp3) is 0.286. The highest BCUT2D eigenvalue weighted by molar-refractivity contribution is 5.95. The van der Waals surface area contributed by atoms with Gasteiger partial charge in [0.05, 0.1) is 12.1 Å². The Kier molecular flexibility index (Phi) is 4.18. The summed E-state index contributed by atoms with van der Waals surface area (Å²) < 4.78 is 58.8. The maximum atomic E-state index is 14.9. The van der Waals surface area contributed by atoms with Crippen molar-refractivity contribution in [2.24, 2.45) is 5.92 Å². The zero-order valence-corrected chi connectivity index (χ0v) is 15.9. The molecule has 2 aromatic heterocycles. The molecule has 1 atom stereocenters. The SMILES string of the molecule is O=C1Nc2cc(Cn3cc4cnccc4n3)c(F)cc2[C@@](C#CC2CC2)(C(F)(F)F)N1. The van der Waals surface area contributed by atoms with Gasteiger partial charge >= 0.3 is 12.2 Å². The van der Waals surface area contributed by atoms with E-state index in [2.05, 4.69) is 27.2 Å². The molecule has 6 nitrogen and oxygen atoms in total. The number of anilines is 1. The third-order valence-corrected chi connectivity index (χ3v) is 5.29. The second-order valence-electron chi connectivity index (χ2n) is 7.62. The average molecular weight is 429 g/mol. The predicted molar refractivity (Wildman–Crippen MR) is 103 cm³/mol. The van der Waals surface area contributed by atoms with Crippen molar-refractivity contribution in [3.8, 4) is 11.8 Å². The molecule has 1 saturated carbocycles. The molecule has 3 heterocycles. The van der Waals surface area contributed by atoms with E-state index in [1.165, 1.54) is 10.7 Å². The molecular weight excluding hydrogens is 414 g/mol. The van der Waals surface area contributed by atoms with E-state index in [0.29, 0.717) is 18.4 Å². The first-order valence-electron chi connectivity index (χ1n) is 9.54. The van der Waals surface area contributed by atoms with Crippen LogP contribution < -0.4 is 10.6 Å². The van der Waals surface area contributed by atoms with Crippen LogP contribution in [0.1, 0.15) is 24.0 Å². The Morgan fingerprint density at radius 2 is 2.10 bits per heavy atom. The van der Waals surface area contributed by atoms with Gasteiger partial charge in [0, 0.05) is 46.7 Å². The smallest absolute Gasteiger partial charge is 0.310 e. The molecule has 5 rings (SSSR count). The molecule has 1 aromatic carbocycles. The summed E-state index contributed by atoms with van der Waals surface area (Å²) in [6.45, 7) is -0.0378. The number of pyridine rings is 1. The fourth-order valence-corrected chi connectivity index (χ4v) is 3.55. The molecule has 0 unspecified atom stereocenters. The summed E-state index contributed by atoms with van der Waals surface area (Å²) in [4.78, 5) is 16.1. The van der Waals surface area contributed by atoms with Crippen molar-refractivity contribution in [1.29, 1.82) is 0 Å². The lowest BCUT2D eigenvalue weighted by molar-refractivity contribution is -0.178. The van der Waals surface area contributed by atoms with Crippen molar-refractivity contribution in [2.75, 3.05) is 5.32 Å². The number of rotatable bonds is 2. The number of benzene rings is 1. The van der Waals surface area contributed by atoms with Crippen molar-refractivity contribution in [3.63, 3.8) is 0 Å². The summed E-state index contributed by atoms with van der Waals surface area (Å²) in [6.07, 6.45) is 1.30. The van der Waals surface area contributed by atoms with Gasteiger partial charge in [0.1, 0.15) is 5.82 Å². The Hall–Kier alpha value is -3.61. The molecular formula is C21H15F4N5O. The van der Waals surface area contributed by atoms with Crippen LogP contribution in [0.5, 0.6) is 0 Å². The Balaban J connectivity index is 1.59. The number of hydrogen-bond donors (Lipinski definition) is 2. The Bertz CT molecular complexity index is 1240. The Morgan fingerprint density at radius 1 is 1.29 bits per heavy atom. The van der Waals surface area contributed by atoms with Crippen molar-refractivity contribution < 1.29 is 22.4 Å². The number of amides is 2. The van der Waals surface area contributed by atoms with Crippen LogP contribution in [0.4, 0.5) is 28.0 Å². The number of carbonyl (C=O) groups excluding carboxylic acids is 1. The number of urea groups is 1. The first-order chi connectivity index (χ1) is 14.7. The quantitative estimate of drug-likeness (QED) is 0.479. The van der Waals surface area contributed by atoms with Crippen LogP contribution in [0.15, 0.2) is 36.8 Å². The largest absolute Gasteiger partial charge is 0.427 e. The van der Waals surface area contributed by atoms with Gasteiger partial charge in [-0.1, -0.05) is 11.8 Å². The van der Waals surface area contributed by atoms with Crippen molar-refractivity contribution in [2.45, 2.75) is 31.1 Å². The van der Waals surface area contributed by atoms with E-state index in [4.69, 9.17) is 0 Å². The van der Waals surface area contributed by atoms with Crippen molar-refractivity contribution in [1.82, 2.24) is 20.1 Å². The van der Waals surface area contributed by atoms with E-state index in [0.717, 1.165) is 11.5 Å². The second-order valence-corrected chi connectivity index (χ2v) is 7.62. The van der Waals surface area contributed by atoms with Gasteiger partial charge in [0.15, 0.2) is 0 Å². The first kappa shape index (κ1) is 19.4. The van der Waals surface area contributed by atoms with Crippen molar-refractivity contribution >= 4 is 22.6 Å². The molecule has 0 radical (unpaired) electrons. The number of halogens is 4. The molecule has 0 bridgehead atoms. The van der Waals surface area contributed by atoms with E-state index in [1.54, 1.807) is 24.7 Å². The van der Waals surface area contributed by atoms with Gasteiger partial charge in [-0.15, -0.1) is 0 Å². The summed E-state index contributed by atoms with van der Waals surface area (Å²) in [7, 11) is 0. The van der Waals surface area contributed by atoms with E-state index in [9.17, 15) is 22.4 Å². The Morgan fingerprint density at radius 3 is 2.81 bits per heavy atom. The zero-order chi connectivity index (χ0) is 21.8. The number of nitrogens with one attached hydrogen (secondary N) is 2. The molecule has 10 heteroatoms. The molecule has 2 N–H and O–H groups in total. The van der Waals surface area contributed by atoms with Gasteiger partial charge in [0.25, 0.3) is 0 Å². The molecule has 0 saturated heterocycles. The fourth-order valence-electron chi connectivity index (χ4n) is 3.55. The number of aromatic nitrogens is 3.